The number of benzene rings is 3. The third kappa shape index (κ3) is 4.35. The first-order chi connectivity index (χ1) is 18.7. The largest absolute Gasteiger partial charge is 0.359 e. The molecule has 0 aliphatic carbocycles. The van der Waals surface area contributed by atoms with Crippen LogP contribution in [-0.2, 0) is 9.59 Å². The maximum Gasteiger partial charge on any atom is 0.240 e. The van der Waals surface area contributed by atoms with Crippen LogP contribution in [0, 0.1) is 11.8 Å². The van der Waals surface area contributed by atoms with Gasteiger partial charge in [0.1, 0.15) is 6.04 Å². The van der Waals surface area contributed by atoms with Crippen LogP contribution in [0.4, 0.5) is 5.69 Å². The van der Waals surface area contributed by atoms with E-state index in [-0.39, 0.29) is 27.3 Å². The van der Waals surface area contributed by atoms with Crippen molar-refractivity contribution >= 4 is 68.2 Å². The summed E-state index contributed by atoms with van der Waals surface area (Å²) in [6.45, 7) is 0. The van der Waals surface area contributed by atoms with E-state index in [2.05, 4.69) is 15.9 Å². The number of carbonyl (C=O) groups is 4. The highest BCUT2D eigenvalue weighted by atomic mass is 79.9. The summed E-state index contributed by atoms with van der Waals surface area (Å²) in [7, 11) is 0. The molecule has 3 aliphatic heterocycles. The predicted octanol–water partition coefficient (Wildman–Crippen LogP) is 6.13. The van der Waals surface area contributed by atoms with E-state index in [1.54, 1.807) is 71.8 Å². The number of allylic oxidation sites excluding steroid dienone is 2. The molecule has 9 heteroatoms. The Balaban J connectivity index is 1.44. The summed E-state index contributed by atoms with van der Waals surface area (Å²) in [4.78, 5) is 57.8. The first-order valence-electron chi connectivity index (χ1n) is 12.2. The van der Waals surface area contributed by atoms with Gasteiger partial charge in [-0.1, -0.05) is 87.7 Å². The van der Waals surface area contributed by atoms with E-state index in [1.807, 2.05) is 6.07 Å². The Bertz CT molecular complexity index is 1580. The molecule has 0 radical (unpaired) electrons. The van der Waals surface area contributed by atoms with Gasteiger partial charge in [-0.05, 0) is 36.4 Å². The van der Waals surface area contributed by atoms with Gasteiger partial charge in [-0.25, -0.2) is 4.90 Å². The van der Waals surface area contributed by atoms with E-state index in [1.165, 1.54) is 18.2 Å². The number of fused-ring (bicyclic) bond motifs is 3. The number of imide groups is 1. The number of halogens is 3. The zero-order chi connectivity index (χ0) is 27.4. The summed E-state index contributed by atoms with van der Waals surface area (Å²) in [5.74, 6) is -3.33. The second kappa shape index (κ2) is 9.90. The molecule has 2 amide bonds. The fourth-order valence-electron chi connectivity index (χ4n) is 5.66. The highest BCUT2D eigenvalue weighted by Gasteiger charge is 2.63. The Morgan fingerprint density at radius 3 is 2.10 bits per heavy atom. The van der Waals surface area contributed by atoms with Crippen LogP contribution in [0.1, 0.15) is 20.7 Å². The maximum atomic E-state index is 13.9. The molecule has 0 unspecified atom stereocenters. The Labute approximate surface area is 242 Å². The van der Waals surface area contributed by atoms with Gasteiger partial charge in [0.2, 0.25) is 11.8 Å². The minimum atomic E-state index is -0.969. The van der Waals surface area contributed by atoms with E-state index in [9.17, 15) is 19.2 Å². The van der Waals surface area contributed by atoms with Crippen LogP contribution in [0.5, 0.6) is 0 Å². The molecule has 0 spiro atoms. The quantitative estimate of drug-likeness (QED) is 0.253. The molecular formula is C30H19BrCl2N2O4. The van der Waals surface area contributed by atoms with Crippen LogP contribution in [0.2, 0.25) is 10.0 Å². The second-order valence-electron chi connectivity index (χ2n) is 9.58. The zero-order valence-electron chi connectivity index (χ0n) is 20.1. The van der Waals surface area contributed by atoms with Crippen LogP contribution >= 0.6 is 39.1 Å². The number of amides is 2. The summed E-state index contributed by atoms with van der Waals surface area (Å²) in [6.07, 6.45) is 4.99. The molecule has 0 aromatic heterocycles. The van der Waals surface area contributed by atoms with E-state index in [4.69, 9.17) is 23.2 Å². The highest BCUT2D eigenvalue weighted by molar-refractivity contribution is 9.10. The number of hydrogen-bond acceptors (Lipinski definition) is 5. The SMILES string of the molecule is O=C(C1=C[C@@H]2[C@@H]3C(=O)N(c4cc(Cl)cc(Cl)c4)C(=O)[C@@H]3[C@H](C(=O)c3ccc(Br)cc3)N2C=C1)c1ccccc1. The van der Waals surface area contributed by atoms with Gasteiger partial charge in [0.15, 0.2) is 11.6 Å². The number of hydrogen-bond donors (Lipinski definition) is 0. The minimum Gasteiger partial charge on any atom is -0.359 e. The van der Waals surface area contributed by atoms with Gasteiger partial charge >= 0.3 is 0 Å². The molecule has 0 N–H and O–H groups in total. The van der Waals surface area contributed by atoms with Crippen molar-refractivity contribution in [3.05, 3.63) is 122 Å². The average molecular weight is 622 g/mol. The van der Waals surface area contributed by atoms with Gasteiger partial charge in [0.25, 0.3) is 0 Å². The van der Waals surface area contributed by atoms with Gasteiger partial charge in [-0.15, -0.1) is 0 Å². The lowest BCUT2D eigenvalue weighted by Gasteiger charge is -2.33. The Kier molecular flexibility index (Phi) is 6.53. The number of rotatable bonds is 5. The number of Topliss-reactive ketones (excluding diaryl/α,β-unsaturated/α-hetero) is 2. The fourth-order valence-corrected chi connectivity index (χ4v) is 6.44. The molecule has 2 fully saturated rings. The van der Waals surface area contributed by atoms with E-state index >= 15 is 0 Å². The molecule has 4 atom stereocenters. The first-order valence-corrected chi connectivity index (χ1v) is 13.7. The topological polar surface area (TPSA) is 74.8 Å². The van der Waals surface area contributed by atoms with E-state index in [0.29, 0.717) is 16.7 Å². The van der Waals surface area contributed by atoms with Crippen molar-refractivity contribution in [3.63, 3.8) is 0 Å². The molecule has 3 aromatic carbocycles. The monoisotopic (exact) mass is 620 g/mol. The zero-order valence-corrected chi connectivity index (χ0v) is 23.2. The number of ketones is 2. The summed E-state index contributed by atoms with van der Waals surface area (Å²) in [5.41, 5.74) is 1.55. The molecule has 6 rings (SSSR count). The molecule has 39 heavy (non-hydrogen) atoms. The third-order valence-electron chi connectivity index (χ3n) is 7.35. The van der Waals surface area contributed by atoms with Crippen molar-refractivity contribution in [1.29, 1.82) is 0 Å². The lowest BCUT2D eigenvalue weighted by Crippen LogP contribution is -2.46. The van der Waals surface area contributed by atoms with Gasteiger partial charge in [-0.3, -0.25) is 19.2 Å². The molecule has 3 heterocycles. The van der Waals surface area contributed by atoms with Crippen molar-refractivity contribution in [2.75, 3.05) is 4.90 Å². The van der Waals surface area contributed by atoms with E-state index in [0.717, 1.165) is 9.37 Å². The van der Waals surface area contributed by atoms with Crippen LogP contribution in [0.3, 0.4) is 0 Å². The van der Waals surface area contributed by atoms with Gasteiger partial charge < -0.3 is 4.90 Å². The Morgan fingerprint density at radius 1 is 0.795 bits per heavy atom. The second-order valence-corrected chi connectivity index (χ2v) is 11.4. The van der Waals surface area contributed by atoms with Gasteiger partial charge in [0.05, 0.1) is 23.6 Å². The minimum absolute atomic E-state index is 0.207. The van der Waals surface area contributed by atoms with Crippen LogP contribution in [-0.4, -0.2) is 40.4 Å². The van der Waals surface area contributed by atoms with E-state index < -0.39 is 35.7 Å². The highest BCUT2D eigenvalue weighted by Crippen LogP contribution is 2.47. The lowest BCUT2D eigenvalue weighted by atomic mass is 9.85. The van der Waals surface area contributed by atoms with Crippen molar-refractivity contribution in [2.24, 2.45) is 11.8 Å². The maximum absolute atomic E-state index is 13.9. The molecular weight excluding hydrogens is 603 g/mol. The third-order valence-corrected chi connectivity index (χ3v) is 8.31. The first kappa shape index (κ1) is 25.7. The number of anilines is 1. The van der Waals surface area contributed by atoms with Gasteiger partial charge in [0, 0.05) is 37.4 Å². The molecule has 0 bridgehead atoms. The van der Waals surface area contributed by atoms with Crippen molar-refractivity contribution in [2.45, 2.75) is 12.1 Å². The number of nitrogens with zero attached hydrogens (tertiary/aromatic N) is 2. The molecule has 2 saturated heterocycles. The summed E-state index contributed by atoms with van der Waals surface area (Å²) in [5, 5.41) is 0.547. The van der Waals surface area contributed by atoms with Crippen LogP contribution in [0.25, 0.3) is 0 Å². The van der Waals surface area contributed by atoms with Crippen molar-refractivity contribution in [1.82, 2.24) is 4.90 Å². The van der Waals surface area contributed by atoms with Crippen molar-refractivity contribution < 1.29 is 19.2 Å². The predicted molar refractivity (Wildman–Crippen MR) is 152 cm³/mol. The fraction of sp³-hybridized carbons (Fsp3) is 0.133. The molecule has 194 valence electrons. The van der Waals surface area contributed by atoms with Gasteiger partial charge in [-0.2, -0.15) is 0 Å². The lowest BCUT2D eigenvalue weighted by molar-refractivity contribution is -0.123. The average Bonchev–Trinajstić information content (AvgIpc) is 3.39. The smallest absolute Gasteiger partial charge is 0.240 e. The van der Waals surface area contributed by atoms with Crippen molar-refractivity contribution in [3.8, 4) is 0 Å². The summed E-state index contributed by atoms with van der Waals surface area (Å²) in [6, 6.07) is 18.5. The Morgan fingerprint density at radius 2 is 1.44 bits per heavy atom. The molecule has 3 aliphatic rings. The van der Waals surface area contributed by atoms with Crippen LogP contribution in [0.15, 0.2) is 101 Å². The number of carbonyl (C=O) groups excluding carboxylic acids is 4. The Hall–Kier alpha value is -3.52. The molecule has 3 aromatic rings. The van der Waals surface area contributed by atoms with Crippen LogP contribution < -0.4 is 4.90 Å². The summed E-state index contributed by atoms with van der Waals surface area (Å²) < 4.78 is 0.808. The molecule has 0 saturated carbocycles. The summed E-state index contributed by atoms with van der Waals surface area (Å²) >= 11 is 15.7. The normalized spacial score (nSPS) is 23.5. The molecule has 6 nitrogen and oxygen atoms in total. The standard InChI is InChI=1S/C30H19BrCl2N2O4/c31-19-8-6-17(7-9-19)28(37)26-25-24(29(38)35(30(25)39)22-14-20(32)13-21(33)15-22)23-12-18(10-11-34(23)26)27(36)16-4-2-1-3-5-16/h1-15,23-26H/t23-,24+,25+,26-/m1/s1.